The Labute approximate surface area is 167 Å². The Hall–Kier alpha value is -2.49. The molecule has 1 amide bonds. The van der Waals surface area contributed by atoms with Gasteiger partial charge in [-0.3, -0.25) is 20.2 Å². The second-order valence-corrected chi connectivity index (χ2v) is 8.07. The molecule has 0 atom stereocenters. The molecule has 0 aliphatic heterocycles. The second kappa shape index (κ2) is 8.47. The van der Waals surface area contributed by atoms with E-state index in [0.717, 1.165) is 16.2 Å². The minimum atomic E-state index is -0.635. The smallest absolute Gasteiger partial charge is 0.288 e. The van der Waals surface area contributed by atoms with Crippen LogP contribution >= 0.6 is 34.7 Å². The topological polar surface area (TPSA) is 98.0 Å². The molecule has 2 aromatic carbocycles. The molecule has 0 radical (unpaired) electrons. The maximum atomic E-state index is 12.3. The largest absolute Gasteiger partial charge is 0.296 e. The summed E-state index contributed by atoms with van der Waals surface area (Å²) in [6, 6.07) is 11.9. The summed E-state index contributed by atoms with van der Waals surface area (Å²) in [4.78, 5) is 22.6. The van der Waals surface area contributed by atoms with Gasteiger partial charge >= 0.3 is 0 Å². The number of aryl methyl sites for hydroxylation is 1. The minimum Gasteiger partial charge on any atom is -0.296 e. The summed E-state index contributed by atoms with van der Waals surface area (Å²) >= 11 is 8.53. The first-order chi connectivity index (χ1) is 12.9. The van der Waals surface area contributed by atoms with E-state index in [-0.39, 0.29) is 16.3 Å². The van der Waals surface area contributed by atoms with E-state index < -0.39 is 10.8 Å². The highest BCUT2D eigenvalue weighted by Gasteiger charge is 2.17. The average molecular weight is 421 g/mol. The maximum absolute atomic E-state index is 12.3. The number of carbonyl (C=O) groups is 1. The van der Waals surface area contributed by atoms with Gasteiger partial charge in [0.15, 0.2) is 4.34 Å². The third-order valence-corrected chi connectivity index (χ3v) is 5.98. The zero-order valence-corrected chi connectivity index (χ0v) is 16.4. The number of thioether (sulfide) groups is 1. The van der Waals surface area contributed by atoms with Crippen LogP contribution in [0.3, 0.4) is 0 Å². The minimum absolute atomic E-state index is 0.0256. The summed E-state index contributed by atoms with van der Waals surface area (Å²) in [5.41, 5.74) is 2.20. The predicted molar refractivity (Wildman–Crippen MR) is 107 cm³/mol. The standard InChI is InChI=1S/C17H13ClN4O3S2/c1-10-4-2-3-5-12(10)9-26-17-21-20-16(27-17)19-15(23)11-6-7-13(18)14(8-11)22(24)25/h2-8H,9H2,1H3,(H,19,20,23). The molecular formula is C17H13ClN4O3S2. The third kappa shape index (κ3) is 4.82. The van der Waals surface area contributed by atoms with Crippen molar-refractivity contribution < 1.29 is 9.72 Å². The van der Waals surface area contributed by atoms with Crippen molar-refractivity contribution in [2.75, 3.05) is 5.32 Å². The first kappa shape index (κ1) is 19.3. The molecule has 0 bridgehead atoms. The van der Waals surface area contributed by atoms with Crippen LogP contribution in [0.5, 0.6) is 0 Å². The van der Waals surface area contributed by atoms with E-state index in [1.807, 2.05) is 25.1 Å². The highest BCUT2D eigenvalue weighted by molar-refractivity contribution is 8.00. The number of benzene rings is 2. The van der Waals surface area contributed by atoms with Crippen molar-refractivity contribution in [3.05, 3.63) is 74.3 Å². The number of hydrogen-bond acceptors (Lipinski definition) is 7. The van der Waals surface area contributed by atoms with Crippen molar-refractivity contribution >= 4 is 51.4 Å². The van der Waals surface area contributed by atoms with Crippen LogP contribution in [0.2, 0.25) is 5.02 Å². The van der Waals surface area contributed by atoms with E-state index in [1.54, 1.807) is 0 Å². The molecule has 3 rings (SSSR count). The van der Waals surface area contributed by atoms with Gasteiger partial charge in [0, 0.05) is 17.4 Å². The van der Waals surface area contributed by atoms with Crippen LogP contribution in [0.1, 0.15) is 21.5 Å². The monoisotopic (exact) mass is 420 g/mol. The molecule has 0 saturated heterocycles. The Kier molecular flexibility index (Phi) is 6.04. The van der Waals surface area contributed by atoms with Crippen LogP contribution < -0.4 is 5.32 Å². The van der Waals surface area contributed by atoms with Crippen molar-refractivity contribution in [1.82, 2.24) is 10.2 Å². The van der Waals surface area contributed by atoms with Crippen LogP contribution in [-0.2, 0) is 5.75 Å². The quantitative estimate of drug-likeness (QED) is 0.262. The lowest BCUT2D eigenvalue weighted by molar-refractivity contribution is -0.384. The highest BCUT2D eigenvalue weighted by Crippen LogP contribution is 2.30. The fourth-order valence-electron chi connectivity index (χ4n) is 2.19. The molecule has 1 N–H and O–H groups in total. The molecule has 0 aliphatic carbocycles. The van der Waals surface area contributed by atoms with Gasteiger partial charge in [-0.05, 0) is 30.2 Å². The Morgan fingerprint density at radius 1 is 1.30 bits per heavy atom. The number of carbonyl (C=O) groups excluding carboxylic acids is 1. The lowest BCUT2D eigenvalue weighted by atomic mass is 10.1. The molecule has 10 heteroatoms. The lowest BCUT2D eigenvalue weighted by Crippen LogP contribution is -2.12. The summed E-state index contributed by atoms with van der Waals surface area (Å²) < 4.78 is 0.718. The molecule has 138 valence electrons. The number of halogens is 1. The number of nitrogens with zero attached hydrogens (tertiary/aromatic N) is 3. The van der Waals surface area contributed by atoms with Crippen molar-refractivity contribution in [2.24, 2.45) is 0 Å². The number of nitro benzene ring substituents is 1. The summed E-state index contributed by atoms with van der Waals surface area (Å²) in [6.45, 7) is 2.05. The van der Waals surface area contributed by atoms with Crippen molar-refractivity contribution in [3.8, 4) is 0 Å². The van der Waals surface area contributed by atoms with E-state index in [9.17, 15) is 14.9 Å². The average Bonchev–Trinajstić information content (AvgIpc) is 3.08. The van der Waals surface area contributed by atoms with Gasteiger partial charge in [0.1, 0.15) is 5.02 Å². The molecule has 0 aliphatic rings. The van der Waals surface area contributed by atoms with Crippen LogP contribution in [-0.4, -0.2) is 21.0 Å². The normalized spacial score (nSPS) is 10.6. The first-order valence-electron chi connectivity index (χ1n) is 7.70. The Balaban J connectivity index is 1.65. The fourth-order valence-corrected chi connectivity index (χ4v) is 4.20. The summed E-state index contributed by atoms with van der Waals surface area (Å²) in [6.07, 6.45) is 0. The van der Waals surface area contributed by atoms with Crippen LogP contribution in [0.25, 0.3) is 0 Å². The van der Waals surface area contributed by atoms with Gasteiger partial charge in [0.05, 0.1) is 4.92 Å². The number of aromatic nitrogens is 2. The summed E-state index contributed by atoms with van der Waals surface area (Å²) in [7, 11) is 0. The van der Waals surface area contributed by atoms with E-state index in [1.165, 1.54) is 46.4 Å². The molecular weight excluding hydrogens is 408 g/mol. The zero-order chi connectivity index (χ0) is 19.4. The number of amides is 1. The number of nitro groups is 1. The van der Waals surface area contributed by atoms with E-state index in [2.05, 4.69) is 21.6 Å². The predicted octanol–water partition coefficient (Wildman–Crippen LogP) is 4.95. The van der Waals surface area contributed by atoms with Gasteiger partial charge in [0.25, 0.3) is 11.6 Å². The molecule has 0 spiro atoms. The summed E-state index contributed by atoms with van der Waals surface area (Å²) in [5, 5.41) is 21.8. The zero-order valence-electron chi connectivity index (χ0n) is 14.0. The number of nitrogens with one attached hydrogen (secondary N) is 1. The number of hydrogen-bond donors (Lipinski definition) is 1. The Morgan fingerprint density at radius 2 is 2.07 bits per heavy atom. The van der Waals surface area contributed by atoms with Crippen molar-refractivity contribution in [1.29, 1.82) is 0 Å². The molecule has 0 saturated carbocycles. The van der Waals surface area contributed by atoms with Gasteiger partial charge in [-0.2, -0.15) is 0 Å². The van der Waals surface area contributed by atoms with Gasteiger partial charge < -0.3 is 0 Å². The van der Waals surface area contributed by atoms with Crippen LogP contribution in [0.15, 0.2) is 46.8 Å². The van der Waals surface area contributed by atoms with Crippen LogP contribution in [0.4, 0.5) is 10.8 Å². The molecule has 1 heterocycles. The molecule has 0 fully saturated rings. The summed E-state index contributed by atoms with van der Waals surface area (Å²) in [5.74, 6) is 0.236. The van der Waals surface area contributed by atoms with Gasteiger partial charge in [-0.1, -0.05) is 59.0 Å². The molecule has 7 nitrogen and oxygen atoms in total. The third-order valence-electron chi connectivity index (χ3n) is 3.64. The molecule has 27 heavy (non-hydrogen) atoms. The molecule has 0 unspecified atom stereocenters. The van der Waals surface area contributed by atoms with E-state index >= 15 is 0 Å². The van der Waals surface area contributed by atoms with E-state index in [4.69, 9.17) is 11.6 Å². The van der Waals surface area contributed by atoms with E-state index in [0.29, 0.717) is 5.13 Å². The number of anilines is 1. The van der Waals surface area contributed by atoms with Crippen molar-refractivity contribution in [3.63, 3.8) is 0 Å². The maximum Gasteiger partial charge on any atom is 0.288 e. The molecule has 3 aromatic rings. The van der Waals surface area contributed by atoms with Gasteiger partial charge in [-0.25, -0.2) is 0 Å². The SMILES string of the molecule is Cc1ccccc1CSc1nnc(NC(=O)c2ccc(Cl)c([N+](=O)[O-])c2)s1. The molecule has 1 aromatic heterocycles. The lowest BCUT2D eigenvalue weighted by Gasteiger charge is -2.03. The Bertz CT molecular complexity index is 1010. The van der Waals surface area contributed by atoms with Crippen LogP contribution in [0, 0.1) is 17.0 Å². The Morgan fingerprint density at radius 3 is 2.81 bits per heavy atom. The van der Waals surface area contributed by atoms with Gasteiger partial charge in [-0.15, -0.1) is 10.2 Å². The second-order valence-electron chi connectivity index (χ2n) is 5.47. The highest BCUT2D eigenvalue weighted by atomic mass is 35.5. The van der Waals surface area contributed by atoms with Crippen molar-refractivity contribution in [2.45, 2.75) is 17.0 Å². The van der Waals surface area contributed by atoms with Gasteiger partial charge in [0.2, 0.25) is 5.13 Å². The number of rotatable bonds is 6. The fraction of sp³-hybridized carbons (Fsp3) is 0.118. The first-order valence-corrected chi connectivity index (χ1v) is 9.88.